The van der Waals surface area contributed by atoms with Gasteiger partial charge in [0.2, 0.25) is 5.91 Å². The molecule has 4 nitrogen and oxygen atoms in total. The number of alkyl halides is 1. The molecule has 1 amide bonds. The Morgan fingerprint density at radius 1 is 1.64 bits per heavy atom. The summed E-state index contributed by atoms with van der Waals surface area (Å²) in [5.41, 5.74) is -0.681. The van der Waals surface area contributed by atoms with Crippen LogP contribution in [0, 0.1) is 0 Å². The first-order valence-corrected chi connectivity index (χ1v) is 3.48. The van der Waals surface area contributed by atoms with E-state index in [0.29, 0.717) is 0 Å². The molecule has 64 valence electrons. The smallest absolute Gasteiger partial charge is 0.308 e. The summed E-state index contributed by atoms with van der Waals surface area (Å²) in [7, 11) is 1.26. The molecule has 0 spiro atoms. The van der Waals surface area contributed by atoms with E-state index >= 15 is 0 Å². The number of esters is 1. The average molecular weight is 180 g/mol. The zero-order chi connectivity index (χ0) is 8.85. The number of ether oxygens (including phenoxy) is 1. The highest BCUT2D eigenvalue weighted by atomic mass is 35.5. The molecule has 0 radical (unpaired) electrons. The van der Waals surface area contributed by atoms with E-state index in [1.807, 2.05) is 0 Å². The van der Waals surface area contributed by atoms with Crippen molar-refractivity contribution in [3.63, 3.8) is 0 Å². The molecule has 1 unspecified atom stereocenters. The Hall–Kier alpha value is -0.770. The largest absolute Gasteiger partial charge is 0.469 e. The fourth-order valence-electron chi connectivity index (χ4n) is 0.501. The second-order valence-electron chi connectivity index (χ2n) is 1.95. The van der Waals surface area contributed by atoms with Crippen molar-refractivity contribution in [1.29, 1.82) is 0 Å². The molecule has 0 saturated carbocycles. The van der Waals surface area contributed by atoms with Crippen LogP contribution in [-0.4, -0.2) is 24.5 Å². The van der Waals surface area contributed by atoms with Crippen LogP contribution in [0.5, 0.6) is 0 Å². The molecule has 0 aromatic carbocycles. The lowest BCUT2D eigenvalue weighted by molar-refractivity contribution is -0.140. The molecule has 5 heteroatoms. The lowest BCUT2D eigenvalue weighted by Crippen LogP contribution is -2.30. The van der Waals surface area contributed by atoms with Crippen molar-refractivity contribution < 1.29 is 14.3 Å². The molecule has 11 heavy (non-hydrogen) atoms. The normalized spacial score (nSPS) is 11.9. The number of hydrogen-bond acceptors (Lipinski definition) is 3. The van der Waals surface area contributed by atoms with E-state index in [4.69, 9.17) is 11.6 Å². The van der Waals surface area contributed by atoms with Crippen LogP contribution < -0.4 is 5.32 Å². The standard InChI is InChI=1S/C6H10ClNO3/c1-4(9)8-5(7)3-6(10)11-2/h5H,3H2,1-2H3,(H,8,9). The van der Waals surface area contributed by atoms with Gasteiger partial charge in [0.15, 0.2) is 0 Å². The van der Waals surface area contributed by atoms with Crippen LogP contribution in [0.25, 0.3) is 0 Å². The maximum atomic E-state index is 10.5. The maximum Gasteiger partial charge on any atom is 0.308 e. The molecule has 0 fully saturated rings. The fraction of sp³-hybridized carbons (Fsp3) is 0.667. The Bertz CT molecular complexity index is 160. The molecule has 0 saturated heterocycles. The summed E-state index contributed by atoms with van der Waals surface area (Å²) in [6, 6.07) is 0. The van der Waals surface area contributed by atoms with Crippen LogP contribution in [0.3, 0.4) is 0 Å². The molecular weight excluding hydrogens is 170 g/mol. The second-order valence-corrected chi connectivity index (χ2v) is 2.48. The molecular formula is C6H10ClNO3. The quantitative estimate of drug-likeness (QED) is 0.384. The zero-order valence-electron chi connectivity index (χ0n) is 6.39. The lowest BCUT2D eigenvalue weighted by atomic mass is 10.4. The lowest BCUT2D eigenvalue weighted by Gasteiger charge is -2.07. The molecule has 0 heterocycles. The van der Waals surface area contributed by atoms with Gasteiger partial charge in [0, 0.05) is 6.92 Å². The summed E-state index contributed by atoms with van der Waals surface area (Å²) < 4.78 is 4.33. The Morgan fingerprint density at radius 2 is 2.18 bits per heavy atom. The number of halogens is 1. The van der Waals surface area contributed by atoms with Crippen LogP contribution in [0.15, 0.2) is 0 Å². The topological polar surface area (TPSA) is 55.4 Å². The molecule has 1 atom stereocenters. The summed E-state index contributed by atoms with van der Waals surface area (Å²) in [4.78, 5) is 20.9. The van der Waals surface area contributed by atoms with Gasteiger partial charge >= 0.3 is 5.97 Å². The highest BCUT2D eigenvalue weighted by molar-refractivity contribution is 6.22. The first kappa shape index (κ1) is 10.2. The van der Waals surface area contributed by atoms with Gasteiger partial charge in [0.25, 0.3) is 0 Å². The molecule has 0 bridgehead atoms. The van der Waals surface area contributed by atoms with Gasteiger partial charge in [-0.2, -0.15) is 0 Å². The number of nitrogens with one attached hydrogen (secondary N) is 1. The van der Waals surface area contributed by atoms with Crippen molar-refractivity contribution in [3.8, 4) is 0 Å². The highest BCUT2D eigenvalue weighted by Crippen LogP contribution is 1.98. The van der Waals surface area contributed by atoms with Crippen molar-refractivity contribution >= 4 is 23.5 Å². The Kier molecular flexibility index (Phi) is 4.61. The van der Waals surface area contributed by atoms with E-state index in [1.54, 1.807) is 0 Å². The van der Waals surface area contributed by atoms with Gasteiger partial charge in [-0.05, 0) is 0 Å². The van der Waals surface area contributed by atoms with Gasteiger partial charge in [0.1, 0.15) is 5.50 Å². The van der Waals surface area contributed by atoms with Crippen LogP contribution >= 0.6 is 11.6 Å². The summed E-state index contributed by atoms with van der Waals surface area (Å²) >= 11 is 5.52. The van der Waals surface area contributed by atoms with Crippen LogP contribution in [0.4, 0.5) is 0 Å². The summed E-state index contributed by atoms with van der Waals surface area (Å²) in [6.45, 7) is 1.33. The first-order valence-electron chi connectivity index (χ1n) is 3.04. The predicted molar refractivity (Wildman–Crippen MR) is 40.1 cm³/mol. The number of rotatable bonds is 3. The van der Waals surface area contributed by atoms with Crippen molar-refractivity contribution in [1.82, 2.24) is 5.32 Å². The minimum absolute atomic E-state index is 0.0162. The number of carbonyl (C=O) groups is 2. The third-order valence-corrected chi connectivity index (χ3v) is 1.20. The third kappa shape index (κ3) is 5.66. The van der Waals surface area contributed by atoms with Gasteiger partial charge in [-0.25, -0.2) is 0 Å². The summed E-state index contributed by atoms with van der Waals surface area (Å²) in [5, 5.41) is 2.33. The van der Waals surface area contributed by atoms with E-state index in [-0.39, 0.29) is 12.3 Å². The molecule has 0 aromatic heterocycles. The number of amides is 1. The third-order valence-electron chi connectivity index (χ3n) is 0.933. The summed E-state index contributed by atoms with van der Waals surface area (Å²) in [5.74, 6) is -0.715. The number of carbonyl (C=O) groups excluding carboxylic acids is 2. The second kappa shape index (κ2) is 4.96. The van der Waals surface area contributed by atoms with E-state index in [9.17, 15) is 9.59 Å². The predicted octanol–water partition coefficient (Wildman–Crippen LogP) is 0.251. The van der Waals surface area contributed by atoms with Crippen molar-refractivity contribution in [2.45, 2.75) is 18.8 Å². The van der Waals surface area contributed by atoms with Crippen molar-refractivity contribution in [2.75, 3.05) is 7.11 Å². The van der Waals surface area contributed by atoms with Crippen LogP contribution in [-0.2, 0) is 14.3 Å². The van der Waals surface area contributed by atoms with Crippen molar-refractivity contribution in [3.05, 3.63) is 0 Å². The molecule has 0 aliphatic carbocycles. The molecule has 0 aliphatic rings. The van der Waals surface area contributed by atoms with E-state index in [2.05, 4.69) is 10.1 Å². The first-order chi connectivity index (χ1) is 5.06. The van der Waals surface area contributed by atoms with E-state index < -0.39 is 11.5 Å². The SMILES string of the molecule is COC(=O)CC(Cl)NC(C)=O. The maximum absolute atomic E-state index is 10.5. The van der Waals surface area contributed by atoms with Gasteiger partial charge in [-0.15, -0.1) is 0 Å². The van der Waals surface area contributed by atoms with E-state index in [0.717, 1.165) is 0 Å². The Balaban J connectivity index is 3.60. The van der Waals surface area contributed by atoms with Crippen molar-refractivity contribution in [2.24, 2.45) is 0 Å². The van der Waals surface area contributed by atoms with Crippen LogP contribution in [0.1, 0.15) is 13.3 Å². The average Bonchev–Trinajstić information content (AvgIpc) is 1.85. The highest BCUT2D eigenvalue weighted by Gasteiger charge is 2.10. The Morgan fingerprint density at radius 3 is 2.55 bits per heavy atom. The minimum atomic E-state index is -0.681. The molecule has 0 aliphatic heterocycles. The van der Waals surface area contributed by atoms with Gasteiger partial charge < -0.3 is 10.1 Å². The zero-order valence-corrected chi connectivity index (χ0v) is 7.14. The van der Waals surface area contributed by atoms with E-state index in [1.165, 1.54) is 14.0 Å². The monoisotopic (exact) mass is 179 g/mol. The minimum Gasteiger partial charge on any atom is -0.469 e. The summed E-state index contributed by atoms with van der Waals surface area (Å²) in [6.07, 6.45) is -0.0162. The van der Waals surface area contributed by atoms with Gasteiger partial charge in [0.05, 0.1) is 13.5 Å². The molecule has 0 aromatic rings. The number of methoxy groups -OCH3 is 1. The molecule has 1 N–H and O–H groups in total. The number of hydrogen-bond donors (Lipinski definition) is 1. The molecule has 0 rings (SSSR count). The fourth-order valence-corrected chi connectivity index (χ4v) is 0.781. The van der Waals surface area contributed by atoms with Gasteiger partial charge in [-0.1, -0.05) is 11.6 Å². The Labute approximate surface area is 69.9 Å². The van der Waals surface area contributed by atoms with Gasteiger partial charge in [-0.3, -0.25) is 9.59 Å². The van der Waals surface area contributed by atoms with Crippen LogP contribution in [0.2, 0.25) is 0 Å².